The number of carbonyl (C=O) groups excluding carboxylic acids is 2. The molecular formula is C34H42O6. The summed E-state index contributed by atoms with van der Waals surface area (Å²) < 4.78 is 22.5. The van der Waals surface area contributed by atoms with E-state index in [-0.39, 0.29) is 11.1 Å². The van der Waals surface area contributed by atoms with Gasteiger partial charge in [-0.2, -0.15) is 0 Å². The SMILES string of the molecule is CCCCCCCOc1ccc(OC(=O)c2cccc(C(=O)Oc3ccc(OCCCCCCC)cc3)c2)cc1. The first-order valence-corrected chi connectivity index (χ1v) is 14.6. The van der Waals surface area contributed by atoms with E-state index in [0.29, 0.717) is 24.7 Å². The molecule has 0 unspecified atom stereocenters. The highest BCUT2D eigenvalue weighted by Crippen LogP contribution is 2.21. The van der Waals surface area contributed by atoms with Crippen LogP contribution < -0.4 is 18.9 Å². The zero-order chi connectivity index (χ0) is 28.4. The Kier molecular flexibility index (Phi) is 13.6. The molecule has 0 spiro atoms. The third kappa shape index (κ3) is 11.1. The summed E-state index contributed by atoms with van der Waals surface area (Å²) in [6, 6.07) is 20.2. The van der Waals surface area contributed by atoms with Gasteiger partial charge in [-0.15, -0.1) is 0 Å². The number of benzene rings is 3. The van der Waals surface area contributed by atoms with Crippen LogP contribution in [0.2, 0.25) is 0 Å². The average Bonchev–Trinajstić information content (AvgIpc) is 2.98. The Balaban J connectivity index is 1.45. The molecule has 0 aromatic heterocycles. The van der Waals surface area contributed by atoms with Crippen LogP contribution >= 0.6 is 0 Å². The summed E-state index contributed by atoms with van der Waals surface area (Å²) in [6.07, 6.45) is 11.8. The third-order valence-electron chi connectivity index (χ3n) is 6.44. The van der Waals surface area contributed by atoms with E-state index in [4.69, 9.17) is 18.9 Å². The van der Waals surface area contributed by atoms with Gasteiger partial charge in [-0.25, -0.2) is 9.59 Å². The van der Waals surface area contributed by atoms with Crippen LogP contribution in [0.3, 0.4) is 0 Å². The summed E-state index contributed by atoms with van der Waals surface area (Å²) in [7, 11) is 0. The van der Waals surface area contributed by atoms with Crippen molar-refractivity contribution in [3.63, 3.8) is 0 Å². The number of esters is 2. The second-order valence-electron chi connectivity index (χ2n) is 9.83. The van der Waals surface area contributed by atoms with Crippen molar-refractivity contribution in [2.24, 2.45) is 0 Å². The summed E-state index contributed by atoms with van der Waals surface area (Å²) in [5.74, 6) is 1.16. The molecule has 0 aliphatic carbocycles. The largest absolute Gasteiger partial charge is 0.494 e. The molecule has 214 valence electrons. The molecule has 0 aliphatic rings. The van der Waals surface area contributed by atoms with Crippen molar-refractivity contribution < 1.29 is 28.5 Å². The molecule has 6 heteroatoms. The van der Waals surface area contributed by atoms with E-state index in [1.807, 2.05) is 0 Å². The third-order valence-corrected chi connectivity index (χ3v) is 6.44. The van der Waals surface area contributed by atoms with Crippen LogP contribution in [0.5, 0.6) is 23.0 Å². The van der Waals surface area contributed by atoms with Gasteiger partial charge in [0.05, 0.1) is 24.3 Å². The quantitative estimate of drug-likeness (QED) is 0.0902. The van der Waals surface area contributed by atoms with Crippen molar-refractivity contribution in [1.82, 2.24) is 0 Å². The molecule has 3 aromatic rings. The number of unbranched alkanes of at least 4 members (excludes halogenated alkanes) is 8. The van der Waals surface area contributed by atoms with Crippen LogP contribution in [0.15, 0.2) is 72.8 Å². The van der Waals surface area contributed by atoms with Crippen molar-refractivity contribution in [2.75, 3.05) is 13.2 Å². The number of hydrogen-bond donors (Lipinski definition) is 0. The smallest absolute Gasteiger partial charge is 0.343 e. The minimum atomic E-state index is -0.560. The Bertz CT molecular complexity index is 1070. The van der Waals surface area contributed by atoms with Gasteiger partial charge < -0.3 is 18.9 Å². The van der Waals surface area contributed by atoms with Crippen LogP contribution in [-0.4, -0.2) is 25.2 Å². The highest BCUT2D eigenvalue weighted by molar-refractivity contribution is 5.96. The molecule has 0 radical (unpaired) electrons. The van der Waals surface area contributed by atoms with Gasteiger partial charge in [-0.1, -0.05) is 71.3 Å². The fourth-order valence-corrected chi connectivity index (χ4v) is 4.10. The number of rotatable bonds is 18. The number of carbonyl (C=O) groups is 2. The standard InChI is InChI=1S/C34H42O6/c1-3-5-7-9-11-24-37-29-16-20-31(21-17-29)39-33(35)27-14-13-15-28(26-27)34(36)40-32-22-18-30(19-23-32)38-25-12-10-8-6-4-2/h13-23,26H,3-12,24-25H2,1-2H3. The summed E-state index contributed by atoms with van der Waals surface area (Å²) in [4.78, 5) is 25.4. The van der Waals surface area contributed by atoms with Crippen molar-refractivity contribution >= 4 is 11.9 Å². The topological polar surface area (TPSA) is 71.1 Å². The van der Waals surface area contributed by atoms with E-state index in [0.717, 1.165) is 37.2 Å². The van der Waals surface area contributed by atoms with Gasteiger partial charge in [0, 0.05) is 0 Å². The minimum Gasteiger partial charge on any atom is -0.494 e. The molecule has 0 aliphatic heterocycles. The van der Waals surface area contributed by atoms with Gasteiger partial charge in [-0.05, 0) is 79.6 Å². The summed E-state index contributed by atoms with van der Waals surface area (Å²) in [6.45, 7) is 5.74. The monoisotopic (exact) mass is 546 g/mol. The van der Waals surface area contributed by atoms with Crippen molar-refractivity contribution in [3.8, 4) is 23.0 Å². The predicted molar refractivity (Wildman–Crippen MR) is 158 cm³/mol. The maximum absolute atomic E-state index is 12.7. The van der Waals surface area contributed by atoms with E-state index in [1.165, 1.54) is 44.6 Å². The lowest BCUT2D eigenvalue weighted by atomic mass is 10.1. The lowest BCUT2D eigenvalue weighted by Crippen LogP contribution is -2.12. The van der Waals surface area contributed by atoms with E-state index >= 15 is 0 Å². The number of ether oxygens (including phenoxy) is 4. The summed E-state index contributed by atoms with van der Waals surface area (Å²) in [5.41, 5.74) is 0.508. The minimum absolute atomic E-state index is 0.254. The van der Waals surface area contributed by atoms with E-state index < -0.39 is 11.9 Å². The first-order valence-electron chi connectivity index (χ1n) is 14.6. The van der Waals surface area contributed by atoms with Gasteiger partial charge in [-0.3, -0.25) is 0 Å². The first kappa shape index (κ1) is 30.7. The van der Waals surface area contributed by atoms with Crippen LogP contribution in [0, 0.1) is 0 Å². The van der Waals surface area contributed by atoms with Crippen LogP contribution in [-0.2, 0) is 0 Å². The van der Waals surface area contributed by atoms with Gasteiger partial charge in [0.2, 0.25) is 0 Å². The number of hydrogen-bond acceptors (Lipinski definition) is 6. The van der Waals surface area contributed by atoms with Gasteiger partial charge in [0.15, 0.2) is 0 Å². The summed E-state index contributed by atoms with van der Waals surface area (Å²) >= 11 is 0. The fourth-order valence-electron chi connectivity index (χ4n) is 4.10. The van der Waals surface area contributed by atoms with Crippen molar-refractivity contribution in [3.05, 3.63) is 83.9 Å². The molecule has 0 heterocycles. The highest BCUT2D eigenvalue weighted by Gasteiger charge is 2.14. The van der Waals surface area contributed by atoms with E-state index in [2.05, 4.69) is 13.8 Å². The Labute approximate surface area is 238 Å². The molecule has 3 aromatic carbocycles. The zero-order valence-corrected chi connectivity index (χ0v) is 23.9. The normalized spacial score (nSPS) is 10.7. The second-order valence-corrected chi connectivity index (χ2v) is 9.83. The van der Waals surface area contributed by atoms with Crippen LogP contribution in [0.4, 0.5) is 0 Å². The lowest BCUT2D eigenvalue weighted by Gasteiger charge is -2.09. The molecular weight excluding hydrogens is 504 g/mol. The molecule has 6 nitrogen and oxygen atoms in total. The molecule has 0 bridgehead atoms. The Hall–Kier alpha value is -3.80. The summed E-state index contributed by atoms with van der Waals surface area (Å²) in [5, 5.41) is 0. The van der Waals surface area contributed by atoms with Crippen molar-refractivity contribution in [2.45, 2.75) is 78.1 Å². The van der Waals surface area contributed by atoms with Crippen molar-refractivity contribution in [1.29, 1.82) is 0 Å². The van der Waals surface area contributed by atoms with Gasteiger partial charge in [0.1, 0.15) is 23.0 Å². The predicted octanol–water partition coefficient (Wildman–Crippen LogP) is 8.82. The van der Waals surface area contributed by atoms with Crippen LogP contribution in [0.1, 0.15) is 98.8 Å². The average molecular weight is 547 g/mol. The highest BCUT2D eigenvalue weighted by atomic mass is 16.5. The molecule has 0 fully saturated rings. The fraction of sp³-hybridized carbons (Fsp3) is 0.412. The molecule has 3 rings (SSSR count). The molecule has 0 N–H and O–H groups in total. The van der Waals surface area contributed by atoms with Gasteiger partial charge >= 0.3 is 11.9 Å². The Morgan fingerprint density at radius 2 is 0.875 bits per heavy atom. The molecule has 0 amide bonds. The Morgan fingerprint density at radius 3 is 1.27 bits per heavy atom. The maximum atomic E-state index is 12.7. The first-order chi connectivity index (χ1) is 19.6. The molecule has 0 atom stereocenters. The molecule has 40 heavy (non-hydrogen) atoms. The lowest BCUT2D eigenvalue weighted by molar-refractivity contribution is 0.0734. The van der Waals surface area contributed by atoms with Gasteiger partial charge in [0.25, 0.3) is 0 Å². The zero-order valence-electron chi connectivity index (χ0n) is 23.9. The molecule has 0 saturated carbocycles. The van der Waals surface area contributed by atoms with E-state index in [9.17, 15) is 9.59 Å². The second kappa shape index (κ2) is 17.7. The van der Waals surface area contributed by atoms with E-state index in [1.54, 1.807) is 66.7 Å². The Morgan fingerprint density at radius 1 is 0.500 bits per heavy atom. The molecule has 0 saturated heterocycles. The maximum Gasteiger partial charge on any atom is 0.343 e. The van der Waals surface area contributed by atoms with Crippen LogP contribution in [0.25, 0.3) is 0 Å².